The summed E-state index contributed by atoms with van der Waals surface area (Å²) in [5, 5.41) is 4.53. The highest BCUT2D eigenvalue weighted by molar-refractivity contribution is 6.07. The van der Waals surface area contributed by atoms with E-state index in [0.29, 0.717) is 11.3 Å². The highest BCUT2D eigenvalue weighted by Gasteiger charge is 2.32. The first kappa shape index (κ1) is 22.5. The van der Waals surface area contributed by atoms with E-state index in [0.717, 1.165) is 0 Å². The van der Waals surface area contributed by atoms with E-state index in [1.165, 1.54) is 18.9 Å². The van der Waals surface area contributed by atoms with E-state index >= 15 is 0 Å². The predicted octanol–water partition coefficient (Wildman–Crippen LogP) is 3.05. The molecule has 0 saturated carbocycles. The van der Waals surface area contributed by atoms with Gasteiger partial charge >= 0.3 is 17.9 Å². The van der Waals surface area contributed by atoms with Crippen LogP contribution >= 0.6 is 0 Å². The maximum atomic E-state index is 12.8. The van der Waals surface area contributed by atoms with Crippen LogP contribution in [0.5, 0.6) is 5.75 Å². The number of aromatic nitrogens is 2. The molecule has 0 aliphatic rings. The van der Waals surface area contributed by atoms with Crippen LogP contribution in [0.25, 0.3) is 16.9 Å². The average molecular weight is 438 g/mol. The quantitative estimate of drug-likeness (QED) is 0.390. The molecule has 0 N–H and O–H groups in total. The van der Waals surface area contributed by atoms with Gasteiger partial charge in [-0.3, -0.25) is 0 Å². The lowest BCUT2D eigenvalue weighted by molar-refractivity contribution is -0.145. The van der Waals surface area contributed by atoms with Gasteiger partial charge in [-0.25, -0.2) is 19.1 Å². The molecule has 0 spiro atoms. The maximum Gasteiger partial charge on any atom is 0.357 e. The molecule has 0 bridgehead atoms. The molecule has 3 rings (SSSR count). The van der Waals surface area contributed by atoms with Crippen LogP contribution in [0.15, 0.2) is 54.6 Å². The summed E-state index contributed by atoms with van der Waals surface area (Å²) >= 11 is 0. The third-order valence-corrected chi connectivity index (χ3v) is 4.45. The van der Waals surface area contributed by atoms with E-state index < -0.39 is 17.9 Å². The lowest BCUT2D eigenvalue weighted by atomic mass is 10.0. The molecule has 1 heterocycles. The molecular weight excluding hydrogens is 416 g/mol. The number of nitrogens with zero attached hydrogens (tertiary/aromatic N) is 2. The second-order valence-corrected chi connectivity index (χ2v) is 6.39. The highest BCUT2D eigenvalue weighted by atomic mass is 16.6. The average Bonchev–Trinajstić information content (AvgIpc) is 3.23. The molecule has 0 aliphatic heterocycles. The molecule has 0 unspecified atom stereocenters. The first-order chi connectivity index (χ1) is 15.5. The van der Waals surface area contributed by atoms with Crippen molar-refractivity contribution in [2.45, 2.75) is 6.92 Å². The van der Waals surface area contributed by atoms with E-state index in [2.05, 4.69) is 5.10 Å². The van der Waals surface area contributed by atoms with Gasteiger partial charge in [0.2, 0.25) is 0 Å². The van der Waals surface area contributed by atoms with Crippen LogP contribution in [0.4, 0.5) is 0 Å². The number of hydrogen-bond acceptors (Lipinski definition) is 8. The molecule has 1 aromatic heterocycles. The minimum Gasteiger partial charge on any atom is -0.481 e. The number of methoxy groups -OCH3 is 2. The topological polar surface area (TPSA) is 106 Å². The SMILES string of the molecule is CCOC(=O)COc1ccccc1-c1nn(-c2ccccc2)c(C(=O)OC)c1C(=O)OC. The molecular formula is C23H22N2O7. The number of rotatable bonds is 8. The largest absolute Gasteiger partial charge is 0.481 e. The van der Waals surface area contributed by atoms with Crippen molar-refractivity contribution in [2.75, 3.05) is 27.4 Å². The Labute approximate surface area is 184 Å². The summed E-state index contributed by atoms with van der Waals surface area (Å²) < 4.78 is 21.7. The third-order valence-electron chi connectivity index (χ3n) is 4.45. The fraction of sp³-hybridized carbons (Fsp3) is 0.217. The summed E-state index contributed by atoms with van der Waals surface area (Å²) in [5.74, 6) is -1.80. The number of esters is 3. The van der Waals surface area contributed by atoms with Crippen LogP contribution in [0.3, 0.4) is 0 Å². The van der Waals surface area contributed by atoms with Crippen molar-refractivity contribution in [2.24, 2.45) is 0 Å². The number of ether oxygens (including phenoxy) is 4. The fourth-order valence-electron chi connectivity index (χ4n) is 3.07. The van der Waals surface area contributed by atoms with Crippen molar-refractivity contribution < 1.29 is 33.3 Å². The van der Waals surface area contributed by atoms with Crippen molar-refractivity contribution >= 4 is 17.9 Å². The molecule has 9 heteroatoms. The van der Waals surface area contributed by atoms with Gasteiger partial charge in [-0.15, -0.1) is 0 Å². The van der Waals surface area contributed by atoms with Gasteiger partial charge in [-0.1, -0.05) is 30.3 Å². The Morgan fingerprint density at radius 3 is 2.22 bits per heavy atom. The Morgan fingerprint density at radius 1 is 0.906 bits per heavy atom. The Bertz CT molecular complexity index is 1120. The van der Waals surface area contributed by atoms with Gasteiger partial charge in [0.05, 0.1) is 26.5 Å². The number of hydrogen-bond donors (Lipinski definition) is 0. The van der Waals surface area contributed by atoms with E-state index in [1.54, 1.807) is 55.5 Å². The molecule has 0 radical (unpaired) electrons. The zero-order valence-corrected chi connectivity index (χ0v) is 17.9. The first-order valence-electron chi connectivity index (χ1n) is 9.74. The number of carbonyl (C=O) groups excluding carboxylic acids is 3. The smallest absolute Gasteiger partial charge is 0.357 e. The number of para-hydroxylation sites is 2. The lowest BCUT2D eigenvalue weighted by Crippen LogP contribution is -2.16. The van der Waals surface area contributed by atoms with E-state index in [-0.39, 0.29) is 35.9 Å². The van der Waals surface area contributed by atoms with Crippen molar-refractivity contribution in [3.63, 3.8) is 0 Å². The van der Waals surface area contributed by atoms with Gasteiger partial charge in [0.25, 0.3) is 0 Å². The zero-order chi connectivity index (χ0) is 23.1. The molecule has 32 heavy (non-hydrogen) atoms. The Balaban J connectivity index is 2.21. The fourth-order valence-corrected chi connectivity index (χ4v) is 3.07. The third kappa shape index (κ3) is 4.61. The van der Waals surface area contributed by atoms with Gasteiger partial charge in [0.1, 0.15) is 17.0 Å². The maximum absolute atomic E-state index is 12.8. The standard InChI is InChI=1S/C23H22N2O7/c1-4-31-18(26)14-32-17-13-9-8-12-16(17)20-19(22(27)29-2)21(23(28)30-3)25(24-20)15-10-6-5-7-11-15/h5-13H,4,14H2,1-3H3. The Morgan fingerprint density at radius 2 is 1.56 bits per heavy atom. The van der Waals surface area contributed by atoms with Gasteiger partial charge in [-0.05, 0) is 31.2 Å². The lowest BCUT2D eigenvalue weighted by Gasteiger charge is -2.10. The Hall–Kier alpha value is -4.14. The number of benzene rings is 2. The summed E-state index contributed by atoms with van der Waals surface area (Å²) in [7, 11) is 2.41. The van der Waals surface area contributed by atoms with Gasteiger partial charge < -0.3 is 18.9 Å². The van der Waals surface area contributed by atoms with Crippen molar-refractivity contribution in [3.05, 3.63) is 65.9 Å². The summed E-state index contributed by atoms with van der Waals surface area (Å²) in [4.78, 5) is 37.2. The van der Waals surface area contributed by atoms with Crippen molar-refractivity contribution in [3.8, 4) is 22.7 Å². The molecule has 3 aromatic rings. The van der Waals surface area contributed by atoms with Gasteiger partial charge in [0.15, 0.2) is 12.3 Å². The van der Waals surface area contributed by atoms with Crippen molar-refractivity contribution in [1.82, 2.24) is 9.78 Å². The van der Waals surface area contributed by atoms with E-state index in [9.17, 15) is 14.4 Å². The van der Waals surface area contributed by atoms with Crippen molar-refractivity contribution in [1.29, 1.82) is 0 Å². The first-order valence-corrected chi connectivity index (χ1v) is 9.74. The molecule has 166 valence electrons. The van der Waals surface area contributed by atoms with Gasteiger partial charge in [-0.2, -0.15) is 5.10 Å². The molecule has 2 aromatic carbocycles. The minimum atomic E-state index is -0.775. The highest BCUT2D eigenvalue weighted by Crippen LogP contribution is 2.34. The normalized spacial score (nSPS) is 10.3. The molecule has 0 fully saturated rings. The van der Waals surface area contributed by atoms with E-state index in [1.807, 2.05) is 6.07 Å². The van der Waals surface area contributed by atoms with Crippen LogP contribution in [0.2, 0.25) is 0 Å². The Kier molecular flexibility index (Phi) is 7.22. The summed E-state index contributed by atoms with van der Waals surface area (Å²) in [6.45, 7) is 1.58. The van der Waals surface area contributed by atoms with Crippen LogP contribution in [-0.2, 0) is 19.0 Å². The molecule has 0 aliphatic carbocycles. The number of carbonyl (C=O) groups is 3. The minimum absolute atomic E-state index is 0.0876. The molecule has 9 nitrogen and oxygen atoms in total. The monoisotopic (exact) mass is 438 g/mol. The molecule has 0 amide bonds. The summed E-state index contributed by atoms with van der Waals surface area (Å²) in [6.07, 6.45) is 0. The predicted molar refractivity (Wildman–Crippen MR) is 114 cm³/mol. The van der Waals surface area contributed by atoms with Crippen LogP contribution < -0.4 is 4.74 Å². The summed E-state index contributed by atoms with van der Waals surface area (Å²) in [5.41, 5.74) is 0.878. The zero-order valence-electron chi connectivity index (χ0n) is 17.9. The van der Waals surface area contributed by atoms with Crippen LogP contribution in [-0.4, -0.2) is 55.1 Å². The molecule has 0 atom stereocenters. The van der Waals surface area contributed by atoms with Crippen LogP contribution in [0, 0.1) is 0 Å². The van der Waals surface area contributed by atoms with Gasteiger partial charge in [0, 0.05) is 5.56 Å². The van der Waals surface area contributed by atoms with Crippen LogP contribution in [0.1, 0.15) is 27.8 Å². The second-order valence-electron chi connectivity index (χ2n) is 6.39. The molecule has 0 saturated heterocycles. The van der Waals surface area contributed by atoms with E-state index in [4.69, 9.17) is 18.9 Å². The summed E-state index contributed by atoms with van der Waals surface area (Å²) in [6, 6.07) is 15.5. The second kappa shape index (κ2) is 10.3.